The number of pyridine rings is 2. The highest BCUT2D eigenvalue weighted by atomic mass is 32.2. The van der Waals surface area contributed by atoms with Gasteiger partial charge in [0, 0.05) is 55.7 Å². The van der Waals surface area contributed by atoms with E-state index in [1.54, 1.807) is 22.7 Å². The van der Waals surface area contributed by atoms with Crippen LogP contribution in [0.15, 0.2) is 18.3 Å². The minimum Gasteiger partial charge on any atom is -0.381 e. The maximum Gasteiger partial charge on any atom is 0.328 e. The topological polar surface area (TPSA) is 131 Å². The van der Waals surface area contributed by atoms with Crippen LogP contribution in [0.3, 0.4) is 0 Å². The highest BCUT2D eigenvalue weighted by Crippen LogP contribution is 2.29. The fourth-order valence-corrected chi connectivity index (χ4v) is 5.11. The molecule has 0 spiro atoms. The molecule has 2 aliphatic heterocycles. The molecule has 11 heteroatoms. The number of nitrogens with zero attached hydrogens (tertiary/aromatic N) is 5. The molecule has 2 aliphatic rings. The predicted molar refractivity (Wildman–Crippen MR) is 139 cm³/mol. The summed E-state index contributed by atoms with van der Waals surface area (Å²) in [4.78, 5) is 49.1. The molecule has 2 aromatic rings. The molecular formula is C25H29N7O3S. The van der Waals surface area contributed by atoms with Crippen LogP contribution < -0.4 is 15.5 Å². The van der Waals surface area contributed by atoms with Crippen LogP contribution in [-0.2, 0) is 17.8 Å². The van der Waals surface area contributed by atoms with Crippen LogP contribution in [0.2, 0.25) is 0 Å². The number of carbonyl (C=O) groups is 3. The quantitative estimate of drug-likeness (QED) is 0.520. The number of thioether (sulfide) groups is 1. The normalized spacial score (nSPS) is 15.8. The van der Waals surface area contributed by atoms with E-state index in [9.17, 15) is 19.6 Å². The van der Waals surface area contributed by atoms with Gasteiger partial charge in [0.1, 0.15) is 23.4 Å². The summed E-state index contributed by atoms with van der Waals surface area (Å²) in [6.45, 7) is 3.48. The highest BCUT2D eigenvalue weighted by molar-refractivity contribution is 7.98. The molecule has 36 heavy (non-hydrogen) atoms. The summed E-state index contributed by atoms with van der Waals surface area (Å²) >= 11 is 1.69. The highest BCUT2D eigenvalue weighted by Gasteiger charge is 2.28. The number of rotatable bonds is 8. The van der Waals surface area contributed by atoms with E-state index in [4.69, 9.17) is 0 Å². The van der Waals surface area contributed by atoms with Gasteiger partial charge in [-0.1, -0.05) is 0 Å². The van der Waals surface area contributed by atoms with E-state index in [2.05, 4.69) is 26.7 Å². The summed E-state index contributed by atoms with van der Waals surface area (Å²) in [7, 11) is 0. The molecule has 3 amide bonds. The second kappa shape index (κ2) is 11.4. The van der Waals surface area contributed by atoms with E-state index in [0.29, 0.717) is 60.8 Å². The second-order valence-corrected chi connectivity index (χ2v) is 9.88. The monoisotopic (exact) mass is 507 g/mol. The Kier molecular flexibility index (Phi) is 8.05. The van der Waals surface area contributed by atoms with Crippen molar-refractivity contribution in [1.29, 1.82) is 5.26 Å². The van der Waals surface area contributed by atoms with Gasteiger partial charge < -0.3 is 10.2 Å². The first kappa shape index (κ1) is 25.4. The molecule has 4 heterocycles. The lowest BCUT2D eigenvalue weighted by molar-refractivity contribution is -0.128. The number of aldehydes is 1. The fourth-order valence-electron chi connectivity index (χ4n) is 4.53. The summed E-state index contributed by atoms with van der Waals surface area (Å²) in [5, 5.41) is 15.5. The summed E-state index contributed by atoms with van der Waals surface area (Å²) in [6.07, 6.45) is 6.93. The molecular weight excluding hydrogens is 478 g/mol. The van der Waals surface area contributed by atoms with Crippen molar-refractivity contribution < 1.29 is 14.4 Å². The Bertz CT molecular complexity index is 1210. The minimum atomic E-state index is -0.414. The van der Waals surface area contributed by atoms with Gasteiger partial charge in [-0.2, -0.15) is 17.0 Å². The number of nitriles is 1. The average molecular weight is 508 g/mol. The van der Waals surface area contributed by atoms with Crippen molar-refractivity contribution in [3.05, 3.63) is 40.7 Å². The zero-order valence-electron chi connectivity index (χ0n) is 20.4. The number of fused-ring (bicyclic) bond motifs is 1. The van der Waals surface area contributed by atoms with Crippen LogP contribution >= 0.6 is 11.8 Å². The molecule has 1 unspecified atom stereocenters. The Morgan fingerprint density at radius 3 is 2.81 bits per heavy atom. The number of anilines is 3. The molecule has 1 atom stereocenters. The van der Waals surface area contributed by atoms with Gasteiger partial charge in [-0.3, -0.25) is 19.8 Å². The number of nitrogens with one attached hydrogen (secondary N) is 2. The number of urea groups is 1. The SMILES string of the molecule is CSCC(C)Nc1cc(NC(=O)N2CCCc3cc(CN4CCCC4=O)c(C=O)nc32)ncc1C#N. The summed E-state index contributed by atoms with van der Waals surface area (Å²) in [6, 6.07) is 5.38. The lowest BCUT2D eigenvalue weighted by Crippen LogP contribution is -2.40. The minimum absolute atomic E-state index is 0.0807. The Hall–Kier alpha value is -3.65. The van der Waals surface area contributed by atoms with E-state index < -0.39 is 6.03 Å². The number of hydrogen-bond acceptors (Lipinski definition) is 8. The van der Waals surface area contributed by atoms with Gasteiger partial charge in [-0.25, -0.2) is 14.8 Å². The molecule has 0 bridgehead atoms. The third-order valence-electron chi connectivity index (χ3n) is 6.24. The molecule has 4 rings (SSSR count). The Balaban J connectivity index is 1.55. The first-order chi connectivity index (χ1) is 17.4. The zero-order chi connectivity index (χ0) is 25.7. The molecule has 0 saturated carbocycles. The molecule has 2 N–H and O–H groups in total. The average Bonchev–Trinajstić information content (AvgIpc) is 3.27. The molecule has 2 aromatic heterocycles. The van der Waals surface area contributed by atoms with Crippen LogP contribution in [0.1, 0.15) is 53.4 Å². The first-order valence-electron chi connectivity index (χ1n) is 11.9. The van der Waals surface area contributed by atoms with Gasteiger partial charge >= 0.3 is 6.03 Å². The molecule has 1 saturated heterocycles. The lowest BCUT2D eigenvalue weighted by Gasteiger charge is -2.29. The van der Waals surface area contributed by atoms with Gasteiger partial charge in [-0.15, -0.1) is 0 Å². The smallest absolute Gasteiger partial charge is 0.328 e. The summed E-state index contributed by atoms with van der Waals surface area (Å²) in [5.74, 6) is 1.69. The maximum absolute atomic E-state index is 13.2. The van der Waals surface area contributed by atoms with Gasteiger partial charge in [0.2, 0.25) is 5.91 Å². The number of aryl methyl sites for hydroxylation is 1. The molecule has 0 aromatic carbocycles. The van der Waals surface area contributed by atoms with Crippen LogP contribution in [0.25, 0.3) is 0 Å². The van der Waals surface area contributed by atoms with Crippen molar-refractivity contribution in [2.45, 2.75) is 45.2 Å². The van der Waals surface area contributed by atoms with Crippen molar-refractivity contribution in [2.75, 3.05) is 40.6 Å². The van der Waals surface area contributed by atoms with Crippen LogP contribution in [0, 0.1) is 11.3 Å². The largest absolute Gasteiger partial charge is 0.381 e. The van der Waals surface area contributed by atoms with E-state index >= 15 is 0 Å². The summed E-state index contributed by atoms with van der Waals surface area (Å²) in [5.41, 5.74) is 2.80. The van der Waals surface area contributed by atoms with Gasteiger partial charge in [-0.05, 0) is 44.1 Å². The van der Waals surface area contributed by atoms with Crippen molar-refractivity contribution in [3.8, 4) is 6.07 Å². The van der Waals surface area contributed by atoms with Crippen LogP contribution in [0.5, 0.6) is 0 Å². The Morgan fingerprint density at radius 2 is 2.11 bits per heavy atom. The van der Waals surface area contributed by atoms with E-state index in [-0.39, 0.29) is 17.6 Å². The first-order valence-corrected chi connectivity index (χ1v) is 13.3. The van der Waals surface area contributed by atoms with Gasteiger partial charge in [0.25, 0.3) is 0 Å². The number of amides is 3. The van der Waals surface area contributed by atoms with Crippen LogP contribution in [-0.4, -0.2) is 64.2 Å². The number of aromatic nitrogens is 2. The van der Waals surface area contributed by atoms with Crippen LogP contribution in [0.4, 0.5) is 22.1 Å². The van der Waals surface area contributed by atoms with Gasteiger partial charge in [0.05, 0.1) is 11.3 Å². The third kappa shape index (κ3) is 5.60. The summed E-state index contributed by atoms with van der Waals surface area (Å²) < 4.78 is 0. The van der Waals surface area contributed by atoms with Crippen molar-refractivity contribution in [3.63, 3.8) is 0 Å². The standard InChI is InChI=1S/C25H29N7O3S/c1-16(15-36-2)28-20-10-22(27-12-19(20)11-26)30-25(35)32-8-3-5-17-9-18(21(14-33)29-24(17)32)13-31-7-4-6-23(31)34/h9-10,12,14,16H,3-8,13,15H2,1-2H3,(H2,27,28,30,35). The molecule has 10 nitrogen and oxygen atoms in total. The van der Waals surface area contributed by atoms with E-state index in [1.807, 2.05) is 19.2 Å². The van der Waals surface area contributed by atoms with Crippen molar-refractivity contribution in [2.24, 2.45) is 0 Å². The predicted octanol–water partition coefficient (Wildman–Crippen LogP) is 3.43. The molecule has 0 aliphatic carbocycles. The number of carbonyl (C=O) groups excluding carboxylic acids is 3. The van der Waals surface area contributed by atoms with Crippen molar-refractivity contribution in [1.82, 2.24) is 14.9 Å². The van der Waals surface area contributed by atoms with Crippen molar-refractivity contribution >= 4 is 47.3 Å². The lowest BCUT2D eigenvalue weighted by atomic mass is 10.0. The zero-order valence-corrected chi connectivity index (χ0v) is 21.2. The number of hydrogen-bond donors (Lipinski definition) is 2. The fraction of sp³-hybridized carbons (Fsp3) is 0.440. The third-order valence-corrected chi connectivity index (χ3v) is 7.08. The van der Waals surface area contributed by atoms with E-state index in [0.717, 1.165) is 30.6 Å². The maximum atomic E-state index is 13.2. The second-order valence-electron chi connectivity index (χ2n) is 8.97. The molecule has 1 fully saturated rings. The van der Waals surface area contributed by atoms with E-state index in [1.165, 1.54) is 11.1 Å². The number of likely N-dealkylation sites (tertiary alicyclic amines) is 1. The Labute approximate surface area is 214 Å². The molecule has 188 valence electrons. The van der Waals surface area contributed by atoms with Gasteiger partial charge in [0.15, 0.2) is 6.29 Å². The Morgan fingerprint density at radius 1 is 1.31 bits per heavy atom. The molecule has 0 radical (unpaired) electrons.